The van der Waals surface area contributed by atoms with Crippen molar-refractivity contribution in [3.8, 4) is 0 Å². The van der Waals surface area contributed by atoms with Crippen molar-refractivity contribution >= 4 is 5.97 Å². The molecule has 1 heterocycles. The number of carbonyl (C=O) groups is 1. The average Bonchev–Trinajstić information content (AvgIpc) is 2.82. The molecule has 1 atom stereocenters. The molecular weight excluding hydrogens is 250 g/mol. The van der Waals surface area contributed by atoms with Crippen LogP contribution in [0.25, 0.3) is 0 Å². The number of rotatable bonds is 4. The van der Waals surface area contributed by atoms with E-state index in [2.05, 4.69) is 25.7 Å². The molecule has 0 bridgehead atoms. The molecule has 0 aromatic rings. The summed E-state index contributed by atoms with van der Waals surface area (Å²) in [6.45, 7) is 9.94. The first-order valence-corrected chi connectivity index (χ1v) is 8.31. The van der Waals surface area contributed by atoms with Crippen LogP contribution in [0.3, 0.4) is 0 Å². The second-order valence-corrected chi connectivity index (χ2v) is 7.72. The minimum absolute atomic E-state index is 0.437. The number of likely N-dealkylation sites (tertiary alicyclic amines) is 1. The standard InChI is InChI=1S/C17H31NO2/c1-5-16(2,3)13-7-9-14(10-8-13)18-12-6-11-17(18,4)15(19)20/h13-14H,5-12H2,1-4H3,(H,19,20). The van der Waals surface area contributed by atoms with E-state index in [0.717, 1.165) is 25.3 Å². The minimum Gasteiger partial charge on any atom is -0.480 e. The van der Waals surface area contributed by atoms with Gasteiger partial charge in [-0.15, -0.1) is 0 Å². The predicted octanol–water partition coefficient (Wildman–Crippen LogP) is 3.92. The van der Waals surface area contributed by atoms with Crippen molar-refractivity contribution in [2.45, 2.75) is 84.2 Å². The molecule has 116 valence electrons. The number of hydrogen-bond donors (Lipinski definition) is 1. The Hall–Kier alpha value is -0.570. The topological polar surface area (TPSA) is 40.5 Å². The molecular formula is C17H31NO2. The molecule has 20 heavy (non-hydrogen) atoms. The maximum Gasteiger partial charge on any atom is 0.323 e. The first kappa shape index (κ1) is 15.8. The van der Waals surface area contributed by atoms with Crippen LogP contribution in [0, 0.1) is 11.3 Å². The largest absolute Gasteiger partial charge is 0.480 e. The molecule has 3 heteroatoms. The summed E-state index contributed by atoms with van der Waals surface area (Å²) in [5.74, 6) is 0.174. The van der Waals surface area contributed by atoms with Crippen molar-refractivity contribution in [2.75, 3.05) is 6.54 Å². The Labute approximate surface area is 123 Å². The molecule has 0 spiro atoms. The van der Waals surface area contributed by atoms with Crippen molar-refractivity contribution in [3.63, 3.8) is 0 Å². The van der Waals surface area contributed by atoms with Crippen LogP contribution in [0.2, 0.25) is 0 Å². The van der Waals surface area contributed by atoms with Gasteiger partial charge in [0, 0.05) is 6.04 Å². The summed E-state index contributed by atoms with van der Waals surface area (Å²) in [7, 11) is 0. The summed E-state index contributed by atoms with van der Waals surface area (Å²) in [6.07, 6.45) is 7.95. The number of nitrogens with zero attached hydrogens (tertiary/aromatic N) is 1. The highest BCUT2D eigenvalue weighted by Gasteiger charge is 2.47. The molecule has 0 amide bonds. The number of carboxylic acids is 1. The van der Waals surface area contributed by atoms with Gasteiger partial charge < -0.3 is 5.11 Å². The smallest absolute Gasteiger partial charge is 0.323 e. The molecule has 1 aliphatic carbocycles. The van der Waals surface area contributed by atoms with E-state index in [4.69, 9.17) is 0 Å². The third kappa shape index (κ3) is 2.74. The predicted molar refractivity (Wildman–Crippen MR) is 81.8 cm³/mol. The van der Waals surface area contributed by atoms with E-state index in [1.807, 2.05) is 6.92 Å². The molecule has 2 fully saturated rings. The highest BCUT2D eigenvalue weighted by Crippen LogP contribution is 2.43. The lowest BCUT2D eigenvalue weighted by Crippen LogP contribution is -2.53. The SMILES string of the molecule is CCC(C)(C)C1CCC(N2CCCC2(C)C(=O)O)CC1. The molecule has 1 N–H and O–H groups in total. The van der Waals surface area contributed by atoms with Gasteiger partial charge in [0.05, 0.1) is 0 Å². The Morgan fingerprint density at radius 2 is 1.90 bits per heavy atom. The fourth-order valence-corrected chi connectivity index (χ4v) is 4.26. The van der Waals surface area contributed by atoms with Crippen LogP contribution in [0.5, 0.6) is 0 Å². The van der Waals surface area contributed by atoms with Crippen LogP contribution >= 0.6 is 0 Å². The highest BCUT2D eigenvalue weighted by molar-refractivity contribution is 5.78. The summed E-state index contributed by atoms with van der Waals surface area (Å²) >= 11 is 0. The van der Waals surface area contributed by atoms with Gasteiger partial charge in [-0.05, 0) is 63.3 Å². The minimum atomic E-state index is -0.633. The van der Waals surface area contributed by atoms with Crippen molar-refractivity contribution < 1.29 is 9.90 Å². The van der Waals surface area contributed by atoms with E-state index in [1.165, 1.54) is 32.1 Å². The maximum atomic E-state index is 11.6. The summed E-state index contributed by atoms with van der Waals surface area (Å²) < 4.78 is 0. The molecule has 0 radical (unpaired) electrons. The van der Waals surface area contributed by atoms with Crippen molar-refractivity contribution in [2.24, 2.45) is 11.3 Å². The van der Waals surface area contributed by atoms with E-state index in [1.54, 1.807) is 0 Å². The second-order valence-electron chi connectivity index (χ2n) is 7.72. The molecule has 1 aliphatic heterocycles. The van der Waals surface area contributed by atoms with Crippen LogP contribution in [-0.2, 0) is 4.79 Å². The zero-order valence-corrected chi connectivity index (χ0v) is 13.6. The Morgan fingerprint density at radius 3 is 2.40 bits per heavy atom. The second kappa shape index (κ2) is 5.67. The van der Waals surface area contributed by atoms with E-state index in [-0.39, 0.29) is 0 Å². The van der Waals surface area contributed by atoms with E-state index < -0.39 is 11.5 Å². The highest BCUT2D eigenvalue weighted by atomic mass is 16.4. The summed E-state index contributed by atoms with van der Waals surface area (Å²) in [6, 6.07) is 0.488. The lowest BCUT2D eigenvalue weighted by molar-refractivity contribution is -0.150. The van der Waals surface area contributed by atoms with Gasteiger partial charge in [-0.1, -0.05) is 27.2 Å². The van der Waals surface area contributed by atoms with Crippen molar-refractivity contribution in [1.82, 2.24) is 4.90 Å². The Bertz CT molecular complexity index is 358. The van der Waals surface area contributed by atoms with Crippen LogP contribution in [0.15, 0.2) is 0 Å². The lowest BCUT2D eigenvalue weighted by Gasteiger charge is -2.44. The Balaban J connectivity index is 1.99. The Kier molecular flexibility index (Phi) is 4.48. The Morgan fingerprint density at radius 1 is 1.30 bits per heavy atom. The lowest BCUT2D eigenvalue weighted by atomic mass is 9.68. The van der Waals surface area contributed by atoms with Gasteiger partial charge >= 0.3 is 5.97 Å². The molecule has 0 aromatic heterocycles. The van der Waals surface area contributed by atoms with E-state index >= 15 is 0 Å². The van der Waals surface area contributed by atoms with Gasteiger partial charge in [0.1, 0.15) is 5.54 Å². The normalized spacial score (nSPS) is 36.2. The molecule has 1 saturated carbocycles. The number of carboxylic acid groups (broad SMARTS) is 1. The van der Waals surface area contributed by atoms with Crippen molar-refractivity contribution in [1.29, 1.82) is 0 Å². The molecule has 1 unspecified atom stereocenters. The number of hydrogen-bond acceptors (Lipinski definition) is 2. The van der Waals surface area contributed by atoms with Crippen LogP contribution in [0.4, 0.5) is 0 Å². The first-order chi connectivity index (χ1) is 9.31. The van der Waals surface area contributed by atoms with Gasteiger partial charge in [0.2, 0.25) is 0 Å². The monoisotopic (exact) mass is 281 g/mol. The van der Waals surface area contributed by atoms with Gasteiger partial charge in [0.15, 0.2) is 0 Å². The summed E-state index contributed by atoms with van der Waals surface area (Å²) in [5, 5.41) is 9.55. The van der Waals surface area contributed by atoms with Crippen LogP contribution in [-0.4, -0.2) is 34.1 Å². The third-order valence-corrected chi connectivity index (χ3v) is 6.31. The quantitative estimate of drug-likeness (QED) is 0.849. The van der Waals surface area contributed by atoms with Gasteiger partial charge in [-0.25, -0.2) is 0 Å². The molecule has 2 aliphatic rings. The molecule has 1 saturated heterocycles. The van der Waals surface area contributed by atoms with Gasteiger partial charge in [0.25, 0.3) is 0 Å². The fraction of sp³-hybridized carbons (Fsp3) is 0.941. The van der Waals surface area contributed by atoms with Crippen LogP contribution < -0.4 is 0 Å². The van der Waals surface area contributed by atoms with Gasteiger partial charge in [-0.3, -0.25) is 9.69 Å². The maximum absolute atomic E-state index is 11.6. The van der Waals surface area contributed by atoms with Crippen LogP contribution in [0.1, 0.15) is 72.6 Å². The first-order valence-electron chi connectivity index (χ1n) is 8.31. The molecule has 2 rings (SSSR count). The molecule has 0 aromatic carbocycles. The number of aliphatic carboxylic acids is 1. The van der Waals surface area contributed by atoms with E-state index in [0.29, 0.717) is 11.5 Å². The summed E-state index contributed by atoms with van der Waals surface area (Å²) in [4.78, 5) is 13.9. The van der Waals surface area contributed by atoms with E-state index in [9.17, 15) is 9.90 Å². The fourth-order valence-electron chi connectivity index (χ4n) is 4.26. The zero-order chi connectivity index (χ0) is 15.0. The molecule has 3 nitrogen and oxygen atoms in total. The third-order valence-electron chi connectivity index (χ3n) is 6.31. The summed E-state index contributed by atoms with van der Waals surface area (Å²) in [5.41, 5.74) is -0.177. The van der Waals surface area contributed by atoms with Gasteiger partial charge in [-0.2, -0.15) is 0 Å². The van der Waals surface area contributed by atoms with Crippen molar-refractivity contribution in [3.05, 3.63) is 0 Å². The average molecular weight is 281 g/mol. The zero-order valence-electron chi connectivity index (χ0n) is 13.6.